The van der Waals surface area contributed by atoms with Crippen LogP contribution in [0, 0.1) is 45.6 Å². The van der Waals surface area contributed by atoms with Gasteiger partial charge in [-0.3, -0.25) is 19.7 Å². The van der Waals surface area contributed by atoms with Crippen molar-refractivity contribution < 1.29 is 14.5 Å². The number of rotatable bonds is 2. The molecule has 2 saturated carbocycles. The van der Waals surface area contributed by atoms with Gasteiger partial charge in [0, 0.05) is 16.6 Å². The summed E-state index contributed by atoms with van der Waals surface area (Å²) in [6, 6.07) is 4.14. The standard InChI is InChI=1S/C17H13BrN2O4/c18-12-5-7(20(23)24)1-4-13(12)19-16(21)14-8-2-3-9(11-6-10(8)11)15(14)17(19)22/h1-5,8-11,14-15H,6H2/t8-,9+,10-,11-,14+,15-/m1/s1. The number of carbonyl (C=O) groups excluding carboxylic acids is 2. The molecule has 1 aliphatic heterocycles. The second-order valence-corrected chi connectivity index (χ2v) is 7.91. The number of hydrogen-bond donors (Lipinski definition) is 0. The largest absolute Gasteiger partial charge is 0.274 e. The maximum absolute atomic E-state index is 13.0. The van der Waals surface area contributed by atoms with E-state index in [2.05, 4.69) is 28.1 Å². The van der Waals surface area contributed by atoms with Crippen LogP contribution in [0.4, 0.5) is 11.4 Å². The summed E-state index contributed by atoms with van der Waals surface area (Å²) in [6.45, 7) is 0. The quantitative estimate of drug-likeness (QED) is 0.337. The van der Waals surface area contributed by atoms with Crippen molar-refractivity contribution in [2.75, 3.05) is 4.90 Å². The molecular weight excluding hydrogens is 376 g/mol. The van der Waals surface area contributed by atoms with E-state index >= 15 is 0 Å². The van der Waals surface area contributed by atoms with Crippen LogP contribution >= 0.6 is 15.9 Å². The van der Waals surface area contributed by atoms with Crippen molar-refractivity contribution in [2.45, 2.75) is 6.42 Å². The van der Waals surface area contributed by atoms with E-state index in [0.29, 0.717) is 22.0 Å². The number of imide groups is 1. The Morgan fingerprint density at radius 3 is 2.17 bits per heavy atom. The van der Waals surface area contributed by atoms with Crippen LogP contribution in [0.3, 0.4) is 0 Å². The predicted molar refractivity (Wildman–Crippen MR) is 88.0 cm³/mol. The van der Waals surface area contributed by atoms with Crippen molar-refractivity contribution in [2.24, 2.45) is 35.5 Å². The van der Waals surface area contributed by atoms with E-state index in [4.69, 9.17) is 0 Å². The molecule has 0 aromatic heterocycles. The second-order valence-electron chi connectivity index (χ2n) is 7.06. The molecule has 24 heavy (non-hydrogen) atoms. The fraction of sp³-hybridized carbons (Fsp3) is 0.412. The molecule has 6 rings (SSSR count). The number of benzene rings is 1. The molecule has 1 heterocycles. The molecule has 3 fully saturated rings. The van der Waals surface area contributed by atoms with Crippen LogP contribution in [0.15, 0.2) is 34.8 Å². The lowest BCUT2D eigenvalue weighted by Crippen LogP contribution is -2.40. The van der Waals surface area contributed by atoms with Gasteiger partial charge in [0.15, 0.2) is 0 Å². The molecule has 0 radical (unpaired) electrons. The smallest absolute Gasteiger partial charge is 0.270 e. The maximum Gasteiger partial charge on any atom is 0.270 e. The lowest BCUT2D eigenvalue weighted by molar-refractivity contribution is -0.384. The fourth-order valence-corrected chi connectivity index (χ4v) is 5.53. The van der Waals surface area contributed by atoms with Crippen LogP contribution in [-0.2, 0) is 9.59 Å². The van der Waals surface area contributed by atoms with Crippen LogP contribution in [0.2, 0.25) is 0 Å². The minimum absolute atomic E-state index is 0.0786. The zero-order valence-corrected chi connectivity index (χ0v) is 14.0. The summed E-state index contributed by atoms with van der Waals surface area (Å²) in [7, 11) is 0. The highest BCUT2D eigenvalue weighted by Crippen LogP contribution is 2.65. The van der Waals surface area contributed by atoms with Crippen molar-refractivity contribution in [3.63, 3.8) is 0 Å². The summed E-state index contributed by atoms with van der Waals surface area (Å²) in [6.07, 6.45) is 5.37. The Labute approximate surface area is 145 Å². The summed E-state index contributed by atoms with van der Waals surface area (Å²) in [5, 5.41) is 10.9. The van der Waals surface area contributed by atoms with Crippen LogP contribution in [0.5, 0.6) is 0 Å². The average Bonchev–Trinajstić information content (AvgIpc) is 3.33. The van der Waals surface area contributed by atoms with E-state index in [0.717, 1.165) is 6.42 Å². The van der Waals surface area contributed by atoms with E-state index in [-0.39, 0.29) is 41.2 Å². The van der Waals surface area contributed by atoms with Crippen molar-refractivity contribution in [3.05, 3.63) is 44.9 Å². The fourth-order valence-electron chi connectivity index (χ4n) is 4.99. The molecule has 6 nitrogen and oxygen atoms in total. The highest BCUT2D eigenvalue weighted by atomic mass is 79.9. The minimum Gasteiger partial charge on any atom is -0.274 e. The summed E-state index contributed by atoms with van der Waals surface area (Å²) < 4.78 is 0.391. The number of hydrogen-bond acceptors (Lipinski definition) is 4. The number of amides is 2. The predicted octanol–water partition coefficient (Wildman–Crippen LogP) is 2.91. The van der Waals surface area contributed by atoms with Crippen molar-refractivity contribution >= 4 is 39.1 Å². The van der Waals surface area contributed by atoms with Gasteiger partial charge in [-0.2, -0.15) is 0 Å². The number of anilines is 1. The Kier molecular flexibility index (Phi) is 2.71. The van der Waals surface area contributed by atoms with Crippen molar-refractivity contribution in [3.8, 4) is 0 Å². The van der Waals surface area contributed by atoms with E-state index in [1.165, 1.54) is 23.1 Å². The number of nitro groups is 1. The molecule has 2 amide bonds. The van der Waals surface area contributed by atoms with Gasteiger partial charge in [-0.25, -0.2) is 4.90 Å². The van der Waals surface area contributed by atoms with Gasteiger partial charge < -0.3 is 0 Å². The first-order valence-corrected chi connectivity index (χ1v) is 8.78. The molecule has 0 spiro atoms. The average molecular weight is 389 g/mol. The van der Waals surface area contributed by atoms with Crippen molar-refractivity contribution in [1.82, 2.24) is 0 Å². The molecule has 6 atom stereocenters. The molecule has 122 valence electrons. The Balaban J connectivity index is 1.56. The van der Waals surface area contributed by atoms with Gasteiger partial charge in [0.25, 0.3) is 5.69 Å². The van der Waals surface area contributed by atoms with Gasteiger partial charge in [0.2, 0.25) is 11.8 Å². The summed E-state index contributed by atoms with van der Waals surface area (Å²) in [5.74, 6) is 0.591. The van der Waals surface area contributed by atoms with Gasteiger partial charge in [-0.05, 0) is 52.1 Å². The van der Waals surface area contributed by atoms with Crippen LogP contribution in [0.25, 0.3) is 0 Å². The molecule has 4 aliphatic carbocycles. The number of nitrogens with zero attached hydrogens (tertiary/aromatic N) is 2. The third kappa shape index (κ3) is 1.65. The number of carbonyl (C=O) groups is 2. The monoisotopic (exact) mass is 388 g/mol. The molecule has 0 N–H and O–H groups in total. The first-order chi connectivity index (χ1) is 11.5. The van der Waals surface area contributed by atoms with Gasteiger partial charge >= 0.3 is 0 Å². The van der Waals surface area contributed by atoms with E-state index in [9.17, 15) is 19.7 Å². The van der Waals surface area contributed by atoms with Gasteiger partial charge in [0.1, 0.15) is 0 Å². The molecule has 5 aliphatic rings. The minimum atomic E-state index is -0.500. The zero-order valence-electron chi connectivity index (χ0n) is 12.5. The topological polar surface area (TPSA) is 80.5 Å². The normalized spacial score (nSPS) is 38.3. The SMILES string of the molecule is O=C1[C@@H]2[C@H]3C=C[C@H]([C@H]4C[C@H]34)[C@@H]2C(=O)N1c1ccc([N+](=O)[O-])cc1Br. The maximum atomic E-state index is 13.0. The Bertz CT molecular complexity index is 815. The number of nitro benzene ring substituents is 1. The zero-order chi connectivity index (χ0) is 16.7. The molecule has 0 unspecified atom stereocenters. The lowest BCUT2D eigenvalue weighted by atomic mass is 9.63. The molecular formula is C17H13BrN2O4. The Morgan fingerprint density at radius 1 is 1.08 bits per heavy atom. The van der Waals surface area contributed by atoms with Crippen LogP contribution in [0.1, 0.15) is 6.42 Å². The third-order valence-electron chi connectivity index (χ3n) is 6.05. The molecule has 1 aromatic rings. The van der Waals surface area contributed by atoms with Crippen molar-refractivity contribution in [1.29, 1.82) is 0 Å². The van der Waals surface area contributed by atoms with Gasteiger partial charge in [-0.15, -0.1) is 0 Å². The third-order valence-corrected chi connectivity index (χ3v) is 6.68. The number of halogens is 1. The first kappa shape index (κ1) is 14.3. The first-order valence-electron chi connectivity index (χ1n) is 7.99. The summed E-state index contributed by atoms with van der Waals surface area (Å²) in [4.78, 5) is 37.6. The van der Waals surface area contributed by atoms with E-state index in [1.807, 2.05) is 0 Å². The second kappa shape index (κ2) is 4.53. The summed E-state index contributed by atoms with van der Waals surface area (Å²) in [5.41, 5.74) is 0.322. The molecule has 2 bridgehead atoms. The molecule has 1 saturated heterocycles. The lowest BCUT2D eigenvalue weighted by Gasteiger charge is -2.37. The summed E-state index contributed by atoms with van der Waals surface area (Å²) >= 11 is 3.28. The Hall–Kier alpha value is -2.02. The molecule has 7 heteroatoms. The van der Waals surface area contributed by atoms with E-state index in [1.54, 1.807) is 0 Å². The number of non-ortho nitro benzene ring substituents is 1. The van der Waals surface area contributed by atoms with Gasteiger partial charge in [0.05, 0.1) is 22.4 Å². The number of allylic oxidation sites excluding steroid dienone is 2. The van der Waals surface area contributed by atoms with Crippen LogP contribution < -0.4 is 4.90 Å². The molecule has 1 aromatic carbocycles. The highest BCUT2D eigenvalue weighted by molar-refractivity contribution is 9.10. The Morgan fingerprint density at radius 2 is 1.67 bits per heavy atom. The highest BCUT2D eigenvalue weighted by Gasteiger charge is 2.67. The van der Waals surface area contributed by atoms with Gasteiger partial charge in [-0.1, -0.05) is 12.2 Å². The van der Waals surface area contributed by atoms with Crippen LogP contribution in [-0.4, -0.2) is 16.7 Å². The van der Waals surface area contributed by atoms with E-state index < -0.39 is 4.92 Å².